The average Bonchev–Trinajstić information content (AvgIpc) is 2.43. The second kappa shape index (κ2) is 6.37. The SMILES string of the molecule is Cc1ccc(C)c(CC(=O)N2CCO[C@H]([C@H](C)N)C2)c1. The van der Waals surface area contributed by atoms with Crippen LogP contribution >= 0.6 is 0 Å². The number of carbonyl (C=O) groups is 1. The smallest absolute Gasteiger partial charge is 0.227 e. The molecule has 20 heavy (non-hydrogen) atoms. The molecule has 0 unspecified atom stereocenters. The van der Waals surface area contributed by atoms with Crippen molar-refractivity contribution in [1.82, 2.24) is 4.90 Å². The average molecular weight is 276 g/mol. The Balaban J connectivity index is 2.02. The van der Waals surface area contributed by atoms with E-state index in [0.717, 1.165) is 5.56 Å². The minimum absolute atomic E-state index is 0.0497. The maximum Gasteiger partial charge on any atom is 0.227 e. The largest absolute Gasteiger partial charge is 0.373 e. The molecule has 4 nitrogen and oxygen atoms in total. The van der Waals surface area contributed by atoms with Crippen LogP contribution in [0.15, 0.2) is 18.2 Å². The van der Waals surface area contributed by atoms with Gasteiger partial charge in [0.25, 0.3) is 0 Å². The highest BCUT2D eigenvalue weighted by atomic mass is 16.5. The van der Waals surface area contributed by atoms with Crippen molar-refractivity contribution in [2.45, 2.75) is 39.3 Å². The van der Waals surface area contributed by atoms with Gasteiger partial charge in [-0.1, -0.05) is 23.8 Å². The van der Waals surface area contributed by atoms with Gasteiger partial charge in [0.05, 0.1) is 19.1 Å². The molecule has 0 aromatic heterocycles. The van der Waals surface area contributed by atoms with Gasteiger partial charge in [-0.2, -0.15) is 0 Å². The standard InChI is InChI=1S/C16H24N2O2/c1-11-4-5-12(2)14(8-11)9-16(19)18-6-7-20-15(10-18)13(3)17/h4-5,8,13,15H,6-7,9-10,17H2,1-3H3/t13-,15-/m0/s1. The van der Waals surface area contributed by atoms with Crippen LogP contribution in [0, 0.1) is 13.8 Å². The molecule has 1 aromatic carbocycles. The van der Waals surface area contributed by atoms with Crippen molar-refractivity contribution in [3.05, 3.63) is 34.9 Å². The van der Waals surface area contributed by atoms with Crippen molar-refractivity contribution < 1.29 is 9.53 Å². The second-order valence-corrected chi connectivity index (χ2v) is 5.71. The minimum Gasteiger partial charge on any atom is -0.373 e. The molecule has 0 spiro atoms. The van der Waals surface area contributed by atoms with E-state index in [9.17, 15) is 4.79 Å². The molecule has 0 saturated carbocycles. The van der Waals surface area contributed by atoms with Gasteiger partial charge in [-0.3, -0.25) is 4.79 Å². The van der Waals surface area contributed by atoms with E-state index >= 15 is 0 Å². The third-order valence-electron chi connectivity index (χ3n) is 3.88. The van der Waals surface area contributed by atoms with Crippen LogP contribution in [0.25, 0.3) is 0 Å². The minimum atomic E-state index is -0.0497. The molecule has 1 aromatic rings. The van der Waals surface area contributed by atoms with Crippen LogP contribution in [0.1, 0.15) is 23.6 Å². The predicted octanol–water partition coefficient (Wildman–Crippen LogP) is 1.42. The van der Waals surface area contributed by atoms with Gasteiger partial charge in [0.15, 0.2) is 0 Å². The summed E-state index contributed by atoms with van der Waals surface area (Å²) in [6, 6.07) is 6.19. The molecule has 0 bridgehead atoms. The lowest BCUT2D eigenvalue weighted by molar-refractivity contribution is -0.138. The molecule has 1 fully saturated rings. The first kappa shape index (κ1) is 15.0. The number of hydrogen-bond acceptors (Lipinski definition) is 3. The zero-order valence-electron chi connectivity index (χ0n) is 12.6. The zero-order valence-corrected chi connectivity index (χ0v) is 12.6. The zero-order chi connectivity index (χ0) is 14.7. The number of ether oxygens (including phenoxy) is 1. The summed E-state index contributed by atoms with van der Waals surface area (Å²) in [5.41, 5.74) is 9.33. The fourth-order valence-electron chi connectivity index (χ4n) is 2.49. The predicted molar refractivity (Wildman–Crippen MR) is 79.6 cm³/mol. The number of nitrogens with two attached hydrogens (primary N) is 1. The topological polar surface area (TPSA) is 55.6 Å². The van der Waals surface area contributed by atoms with E-state index < -0.39 is 0 Å². The summed E-state index contributed by atoms with van der Waals surface area (Å²) in [5.74, 6) is 0.160. The van der Waals surface area contributed by atoms with Gasteiger partial charge in [-0.25, -0.2) is 0 Å². The third-order valence-corrected chi connectivity index (χ3v) is 3.88. The summed E-state index contributed by atoms with van der Waals surface area (Å²) in [5, 5.41) is 0. The van der Waals surface area contributed by atoms with Crippen molar-refractivity contribution in [1.29, 1.82) is 0 Å². The molecule has 2 atom stereocenters. The summed E-state index contributed by atoms with van der Waals surface area (Å²) in [6.07, 6.45) is 0.408. The van der Waals surface area contributed by atoms with E-state index in [1.165, 1.54) is 11.1 Å². The Bertz CT molecular complexity index is 485. The highest BCUT2D eigenvalue weighted by Crippen LogP contribution is 2.14. The van der Waals surface area contributed by atoms with Crippen LogP contribution in [0.3, 0.4) is 0 Å². The normalized spacial score (nSPS) is 20.8. The monoisotopic (exact) mass is 276 g/mol. The molecule has 2 rings (SSSR count). The number of aryl methyl sites for hydroxylation is 2. The number of nitrogens with zero attached hydrogens (tertiary/aromatic N) is 1. The van der Waals surface area contributed by atoms with Gasteiger partial charge in [-0.15, -0.1) is 0 Å². The maximum absolute atomic E-state index is 12.4. The Morgan fingerprint density at radius 2 is 2.25 bits per heavy atom. The Morgan fingerprint density at radius 3 is 2.95 bits per heavy atom. The van der Waals surface area contributed by atoms with Crippen molar-refractivity contribution in [3.8, 4) is 0 Å². The number of amides is 1. The van der Waals surface area contributed by atoms with E-state index in [2.05, 4.69) is 18.2 Å². The highest BCUT2D eigenvalue weighted by molar-refractivity contribution is 5.79. The number of morpholine rings is 1. The fourth-order valence-corrected chi connectivity index (χ4v) is 2.49. The van der Waals surface area contributed by atoms with Crippen molar-refractivity contribution >= 4 is 5.91 Å². The Kier molecular flexibility index (Phi) is 4.78. The molecular formula is C16H24N2O2. The van der Waals surface area contributed by atoms with Gasteiger partial charge in [-0.05, 0) is 31.9 Å². The molecule has 4 heteroatoms. The quantitative estimate of drug-likeness (QED) is 0.908. The van der Waals surface area contributed by atoms with Crippen LogP contribution in [0.2, 0.25) is 0 Å². The van der Waals surface area contributed by atoms with Crippen LogP contribution in [0.4, 0.5) is 0 Å². The molecule has 1 aliphatic heterocycles. The van der Waals surface area contributed by atoms with Crippen molar-refractivity contribution in [2.75, 3.05) is 19.7 Å². The lowest BCUT2D eigenvalue weighted by atomic mass is 10.0. The first-order chi connectivity index (χ1) is 9.47. The highest BCUT2D eigenvalue weighted by Gasteiger charge is 2.26. The number of benzene rings is 1. The van der Waals surface area contributed by atoms with Gasteiger partial charge >= 0.3 is 0 Å². The van der Waals surface area contributed by atoms with Crippen LogP contribution in [0.5, 0.6) is 0 Å². The van der Waals surface area contributed by atoms with Crippen molar-refractivity contribution in [3.63, 3.8) is 0 Å². The molecule has 0 aliphatic carbocycles. The molecule has 0 radical (unpaired) electrons. The summed E-state index contributed by atoms with van der Waals surface area (Å²) in [6.45, 7) is 7.85. The molecule has 2 N–H and O–H groups in total. The molecule has 1 amide bonds. The summed E-state index contributed by atoms with van der Waals surface area (Å²) < 4.78 is 5.59. The summed E-state index contributed by atoms with van der Waals surface area (Å²) >= 11 is 0. The van der Waals surface area contributed by atoms with E-state index in [1.54, 1.807) is 0 Å². The number of hydrogen-bond donors (Lipinski definition) is 1. The fraction of sp³-hybridized carbons (Fsp3) is 0.562. The van der Waals surface area contributed by atoms with Crippen LogP contribution in [-0.2, 0) is 16.0 Å². The summed E-state index contributed by atoms with van der Waals surface area (Å²) in [7, 11) is 0. The third kappa shape index (κ3) is 3.58. The lowest BCUT2D eigenvalue weighted by Gasteiger charge is -2.35. The first-order valence-corrected chi connectivity index (χ1v) is 7.18. The van der Waals surface area contributed by atoms with Crippen LogP contribution < -0.4 is 5.73 Å². The van der Waals surface area contributed by atoms with E-state index in [-0.39, 0.29) is 18.1 Å². The Hall–Kier alpha value is -1.39. The lowest BCUT2D eigenvalue weighted by Crippen LogP contribution is -2.51. The van der Waals surface area contributed by atoms with Gasteiger partial charge < -0.3 is 15.4 Å². The molecule has 1 saturated heterocycles. The Morgan fingerprint density at radius 1 is 1.50 bits per heavy atom. The van der Waals surface area contributed by atoms with Crippen LogP contribution in [-0.4, -0.2) is 42.6 Å². The van der Waals surface area contributed by atoms with E-state index in [0.29, 0.717) is 26.1 Å². The van der Waals surface area contributed by atoms with Gasteiger partial charge in [0.1, 0.15) is 0 Å². The van der Waals surface area contributed by atoms with Gasteiger partial charge in [0.2, 0.25) is 5.91 Å². The second-order valence-electron chi connectivity index (χ2n) is 5.71. The first-order valence-electron chi connectivity index (χ1n) is 7.18. The van der Waals surface area contributed by atoms with Gasteiger partial charge in [0, 0.05) is 19.1 Å². The summed E-state index contributed by atoms with van der Waals surface area (Å²) in [4.78, 5) is 14.3. The molecule has 1 heterocycles. The maximum atomic E-state index is 12.4. The van der Waals surface area contributed by atoms with Crippen molar-refractivity contribution in [2.24, 2.45) is 5.73 Å². The Labute approximate surface area is 120 Å². The molecular weight excluding hydrogens is 252 g/mol. The number of rotatable bonds is 3. The van der Waals surface area contributed by atoms with E-state index in [4.69, 9.17) is 10.5 Å². The van der Waals surface area contributed by atoms with E-state index in [1.807, 2.05) is 25.7 Å². The molecule has 1 aliphatic rings. The molecule has 110 valence electrons. The number of carbonyl (C=O) groups excluding carboxylic acids is 1.